The highest BCUT2D eigenvalue weighted by Gasteiger charge is 2.32. The molecule has 0 radical (unpaired) electrons. The zero-order valence-corrected chi connectivity index (χ0v) is 22.5. The average Bonchev–Trinajstić information content (AvgIpc) is 2.98. The number of carboxylic acid groups (broad SMARTS) is 1. The van der Waals surface area contributed by atoms with Crippen LogP contribution < -0.4 is 5.32 Å². The highest BCUT2D eigenvalue weighted by atomic mass is 32.2. The molecule has 4 rings (SSSR count). The minimum absolute atomic E-state index is 0.00158. The third-order valence-corrected chi connectivity index (χ3v) is 7.53. The molecule has 9 heteroatoms. The lowest BCUT2D eigenvalue weighted by Gasteiger charge is -2.36. The Morgan fingerprint density at radius 2 is 1.64 bits per heavy atom. The monoisotopic (exact) mass is 550 g/mol. The lowest BCUT2D eigenvalue weighted by molar-refractivity contribution is -0.245. The molecule has 0 unspecified atom stereocenters. The van der Waals surface area contributed by atoms with E-state index in [4.69, 9.17) is 14.6 Å². The SMILES string of the molecule is O=C(O)CCCCC(=O)NCc1ccc([C@@H]2O[C@H](CSc3ccccn3)C[C@H](c3ccc(CO)cc3)O2)cc1. The van der Waals surface area contributed by atoms with Crippen LogP contribution in [-0.4, -0.2) is 38.9 Å². The molecule has 1 saturated heterocycles. The van der Waals surface area contributed by atoms with Gasteiger partial charge in [0.25, 0.3) is 0 Å². The van der Waals surface area contributed by atoms with E-state index in [1.54, 1.807) is 18.0 Å². The van der Waals surface area contributed by atoms with Crippen LogP contribution in [0.15, 0.2) is 78.0 Å². The highest BCUT2D eigenvalue weighted by molar-refractivity contribution is 7.99. The summed E-state index contributed by atoms with van der Waals surface area (Å²) in [5, 5.41) is 21.9. The molecule has 1 aliphatic rings. The zero-order chi connectivity index (χ0) is 27.5. The predicted molar refractivity (Wildman–Crippen MR) is 148 cm³/mol. The fraction of sp³-hybridized carbons (Fsp3) is 0.367. The van der Waals surface area contributed by atoms with E-state index in [9.17, 15) is 14.7 Å². The number of benzene rings is 2. The number of carboxylic acids is 1. The second-order valence-corrected chi connectivity index (χ2v) is 10.5. The third-order valence-electron chi connectivity index (χ3n) is 6.46. The number of aromatic nitrogens is 1. The zero-order valence-electron chi connectivity index (χ0n) is 21.7. The van der Waals surface area contributed by atoms with E-state index in [-0.39, 0.29) is 31.1 Å². The molecule has 0 bridgehead atoms. The average molecular weight is 551 g/mol. The van der Waals surface area contributed by atoms with Gasteiger partial charge in [0.2, 0.25) is 5.91 Å². The second kappa shape index (κ2) is 14.8. The number of pyridine rings is 1. The van der Waals surface area contributed by atoms with Crippen molar-refractivity contribution < 1.29 is 29.3 Å². The van der Waals surface area contributed by atoms with Crippen LogP contribution in [0.25, 0.3) is 0 Å². The molecule has 1 fully saturated rings. The molecule has 0 spiro atoms. The molecule has 2 aromatic carbocycles. The Kier molecular flexibility index (Phi) is 10.9. The number of nitrogens with zero attached hydrogens (tertiary/aromatic N) is 1. The minimum Gasteiger partial charge on any atom is -0.481 e. The summed E-state index contributed by atoms with van der Waals surface area (Å²) in [5.41, 5.74) is 3.73. The Hall–Kier alpha value is -3.24. The van der Waals surface area contributed by atoms with E-state index >= 15 is 0 Å². The summed E-state index contributed by atoms with van der Waals surface area (Å²) in [5.74, 6) is -0.198. The summed E-state index contributed by atoms with van der Waals surface area (Å²) in [6.07, 6.45) is 3.16. The number of aliphatic hydroxyl groups is 1. The van der Waals surface area contributed by atoms with Crippen molar-refractivity contribution in [2.75, 3.05) is 5.75 Å². The Morgan fingerprint density at radius 1 is 0.923 bits per heavy atom. The topological polar surface area (TPSA) is 118 Å². The van der Waals surface area contributed by atoms with Crippen molar-refractivity contribution >= 4 is 23.6 Å². The van der Waals surface area contributed by atoms with Crippen LogP contribution in [0.5, 0.6) is 0 Å². The van der Waals surface area contributed by atoms with Crippen LogP contribution in [0.4, 0.5) is 0 Å². The van der Waals surface area contributed by atoms with Crippen molar-refractivity contribution in [1.29, 1.82) is 0 Å². The van der Waals surface area contributed by atoms with Gasteiger partial charge >= 0.3 is 5.97 Å². The van der Waals surface area contributed by atoms with Crippen LogP contribution in [0.1, 0.15) is 66.8 Å². The maximum atomic E-state index is 12.1. The second-order valence-electron chi connectivity index (χ2n) is 9.45. The van der Waals surface area contributed by atoms with Gasteiger partial charge in [-0.25, -0.2) is 4.98 Å². The number of amides is 1. The maximum Gasteiger partial charge on any atom is 0.303 e. The first-order valence-corrected chi connectivity index (χ1v) is 14.1. The normalized spacial score (nSPS) is 18.9. The summed E-state index contributed by atoms with van der Waals surface area (Å²) in [7, 11) is 0. The fourth-order valence-electron chi connectivity index (χ4n) is 4.28. The van der Waals surface area contributed by atoms with E-state index in [1.807, 2.05) is 66.7 Å². The number of aliphatic carboxylic acids is 1. The van der Waals surface area contributed by atoms with Crippen molar-refractivity contribution in [3.05, 3.63) is 95.2 Å². The Labute approximate surface area is 232 Å². The largest absolute Gasteiger partial charge is 0.481 e. The first-order chi connectivity index (χ1) is 19.0. The van der Waals surface area contributed by atoms with Gasteiger partial charge in [0, 0.05) is 43.3 Å². The van der Waals surface area contributed by atoms with E-state index in [2.05, 4.69) is 10.3 Å². The number of aliphatic hydroxyl groups excluding tert-OH is 1. The number of hydrogen-bond acceptors (Lipinski definition) is 7. The number of carbonyl (C=O) groups is 2. The number of carbonyl (C=O) groups excluding carboxylic acids is 1. The molecule has 39 heavy (non-hydrogen) atoms. The highest BCUT2D eigenvalue weighted by Crippen LogP contribution is 2.39. The lowest BCUT2D eigenvalue weighted by atomic mass is 10.0. The molecule has 8 nitrogen and oxygen atoms in total. The van der Waals surface area contributed by atoms with Crippen LogP contribution in [-0.2, 0) is 32.2 Å². The number of rotatable bonds is 13. The molecule has 3 N–H and O–H groups in total. The molecule has 1 aliphatic heterocycles. The molecular formula is C30H34N2O6S. The van der Waals surface area contributed by atoms with Crippen molar-refractivity contribution in [3.63, 3.8) is 0 Å². The standard InChI is InChI=1S/C30H34N2O6S/c33-19-22-10-12-23(13-11-22)26-17-25(20-39-28-6-3-4-16-31-28)37-30(38-26)24-14-8-21(9-15-24)18-32-27(34)5-1-2-7-29(35)36/h3-4,6,8-16,25-26,30,33H,1-2,5,7,17-20H2,(H,32,34)(H,35,36)/t25-,26+,30+/m0/s1. The van der Waals surface area contributed by atoms with Crippen LogP contribution in [0.3, 0.4) is 0 Å². The van der Waals surface area contributed by atoms with Crippen molar-refractivity contribution in [1.82, 2.24) is 10.3 Å². The molecular weight excluding hydrogens is 516 g/mol. The van der Waals surface area contributed by atoms with Gasteiger partial charge < -0.3 is 25.0 Å². The minimum atomic E-state index is -0.842. The maximum absolute atomic E-state index is 12.1. The Morgan fingerprint density at radius 3 is 2.33 bits per heavy atom. The molecule has 2 heterocycles. The van der Waals surface area contributed by atoms with Gasteiger partial charge in [-0.15, -0.1) is 11.8 Å². The predicted octanol–water partition coefficient (Wildman–Crippen LogP) is 5.17. The summed E-state index contributed by atoms with van der Waals surface area (Å²) in [4.78, 5) is 27.1. The summed E-state index contributed by atoms with van der Waals surface area (Å²) < 4.78 is 12.8. The van der Waals surface area contributed by atoms with E-state index < -0.39 is 12.3 Å². The number of thioether (sulfide) groups is 1. The first-order valence-electron chi connectivity index (χ1n) is 13.1. The van der Waals surface area contributed by atoms with Crippen molar-refractivity contribution in [3.8, 4) is 0 Å². The molecule has 0 aliphatic carbocycles. The van der Waals surface area contributed by atoms with Gasteiger partial charge in [-0.3, -0.25) is 9.59 Å². The van der Waals surface area contributed by atoms with Gasteiger partial charge in [0.05, 0.1) is 23.8 Å². The van der Waals surface area contributed by atoms with Crippen LogP contribution in [0.2, 0.25) is 0 Å². The van der Waals surface area contributed by atoms with Crippen LogP contribution in [0, 0.1) is 0 Å². The lowest BCUT2D eigenvalue weighted by Crippen LogP contribution is -2.31. The molecule has 3 aromatic rings. The van der Waals surface area contributed by atoms with Gasteiger partial charge in [-0.1, -0.05) is 54.6 Å². The Bertz CT molecular complexity index is 1190. The number of nitrogens with one attached hydrogen (secondary N) is 1. The van der Waals surface area contributed by atoms with E-state index in [0.717, 1.165) is 33.0 Å². The first kappa shape index (κ1) is 28.8. The molecule has 206 valence electrons. The summed E-state index contributed by atoms with van der Waals surface area (Å²) in [6.45, 7) is 0.395. The van der Waals surface area contributed by atoms with Gasteiger partial charge in [0.1, 0.15) is 0 Å². The quantitative estimate of drug-likeness (QED) is 0.197. The van der Waals surface area contributed by atoms with Crippen molar-refractivity contribution in [2.24, 2.45) is 0 Å². The third kappa shape index (κ3) is 9.18. The van der Waals surface area contributed by atoms with Crippen LogP contribution >= 0.6 is 11.8 Å². The summed E-state index contributed by atoms with van der Waals surface area (Å²) >= 11 is 1.65. The van der Waals surface area contributed by atoms with Gasteiger partial charge in [-0.2, -0.15) is 0 Å². The summed E-state index contributed by atoms with van der Waals surface area (Å²) in [6, 6.07) is 21.5. The fourth-order valence-corrected chi connectivity index (χ4v) is 5.16. The number of ether oxygens (including phenoxy) is 2. The number of unbranched alkanes of at least 4 members (excludes halogenated alkanes) is 1. The molecule has 1 amide bonds. The number of hydrogen-bond donors (Lipinski definition) is 3. The van der Waals surface area contributed by atoms with E-state index in [1.165, 1.54) is 0 Å². The van der Waals surface area contributed by atoms with Crippen molar-refractivity contribution in [2.45, 2.75) is 68.8 Å². The smallest absolute Gasteiger partial charge is 0.303 e. The molecule has 1 aromatic heterocycles. The van der Waals surface area contributed by atoms with Gasteiger partial charge in [-0.05, 0) is 41.7 Å². The molecule has 3 atom stereocenters. The molecule has 0 saturated carbocycles. The Balaban J connectivity index is 1.37. The van der Waals surface area contributed by atoms with E-state index in [0.29, 0.717) is 32.2 Å². The van der Waals surface area contributed by atoms with Gasteiger partial charge in [0.15, 0.2) is 6.29 Å².